The van der Waals surface area contributed by atoms with E-state index in [-0.39, 0.29) is 0 Å². The molecular weight excluding hydrogens is 318 g/mol. The van der Waals surface area contributed by atoms with Crippen LogP contribution in [0.4, 0.5) is 0 Å². The van der Waals surface area contributed by atoms with E-state index in [9.17, 15) is 35.7 Å². The van der Waals surface area contributed by atoms with Crippen molar-refractivity contribution in [3.63, 3.8) is 0 Å². The van der Waals surface area contributed by atoms with Crippen molar-refractivity contribution in [2.45, 2.75) is 67.3 Å². The molecule has 0 spiro atoms. The minimum Gasteiger partial charge on any atom is -0.394 e. The Labute approximate surface area is 131 Å². The topological polar surface area (TPSA) is 206 Å². The summed E-state index contributed by atoms with van der Waals surface area (Å²) in [7, 11) is 0. The van der Waals surface area contributed by atoms with Crippen molar-refractivity contribution in [2.24, 2.45) is 5.73 Å². The Hall–Kier alpha value is -0.440. The van der Waals surface area contributed by atoms with E-state index in [1.807, 2.05) is 0 Å². The van der Waals surface area contributed by atoms with Crippen LogP contribution in [-0.2, 0) is 9.47 Å². The van der Waals surface area contributed by atoms with Gasteiger partial charge in [0.1, 0.15) is 54.9 Å². The van der Waals surface area contributed by atoms with Crippen LogP contribution in [0.1, 0.15) is 0 Å². The first kappa shape index (κ1) is 18.9. The van der Waals surface area contributed by atoms with Crippen LogP contribution in [0, 0.1) is 0 Å². The Morgan fingerprint density at radius 1 is 0.739 bits per heavy atom. The lowest BCUT2D eigenvalue weighted by Crippen LogP contribution is -2.68. The van der Waals surface area contributed by atoms with Gasteiger partial charge in [0.2, 0.25) is 0 Å². The average molecular weight is 341 g/mol. The highest BCUT2D eigenvalue weighted by Crippen LogP contribution is 2.28. The summed E-state index contributed by atoms with van der Waals surface area (Å²) in [5.41, 5.74) is 5.66. The summed E-state index contributed by atoms with van der Waals surface area (Å²) in [6, 6.07) is -1.28. The number of aliphatic hydroxyl groups is 8. The highest BCUT2D eigenvalue weighted by atomic mass is 16.7. The van der Waals surface area contributed by atoms with Gasteiger partial charge in [0.15, 0.2) is 6.29 Å². The van der Waals surface area contributed by atoms with Crippen LogP contribution in [0.25, 0.3) is 0 Å². The SMILES string of the molecule is N[C@H]1[C@H](OC2[C@@H](O)[C@@H](O)C(O)[C@H](O)[C@H]2O)O[C@H](CO)[C@H](O)[C@@H]1O. The fourth-order valence-electron chi connectivity index (χ4n) is 2.74. The minimum absolute atomic E-state index is 0.648. The third kappa shape index (κ3) is 3.36. The molecule has 2 aliphatic rings. The van der Waals surface area contributed by atoms with Gasteiger partial charge in [-0.05, 0) is 0 Å². The molecule has 10 N–H and O–H groups in total. The quantitative estimate of drug-likeness (QED) is 0.236. The molecule has 23 heavy (non-hydrogen) atoms. The van der Waals surface area contributed by atoms with E-state index in [1.54, 1.807) is 0 Å². The van der Waals surface area contributed by atoms with Crippen LogP contribution >= 0.6 is 0 Å². The first-order valence-electron chi connectivity index (χ1n) is 7.14. The molecule has 2 rings (SSSR count). The summed E-state index contributed by atoms with van der Waals surface area (Å²) < 4.78 is 10.4. The van der Waals surface area contributed by atoms with E-state index >= 15 is 0 Å². The van der Waals surface area contributed by atoms with Gasteiger partial charge in [-0.15, -0.1) is 0 Å². The largest absolute Gasteiger partial charge is 0.394 e. The predicted molar refractivity (Wildman–Crippen MR) is 70.6 cm³/mol. The predicted octanol–water partition coefficient (Wildman–Crippen LogP) is -6.04. The third-order valence-electron chi connectivity index (χ3n) is 4.29. The lowest BCUT2D eigenvalue weighted by Gasteiger charge is -2.46. The Bertz CT molecular complexity index is 382. The molecule has 2 unspecified atom stereocenters. The second kappa shape index (κ2) is 7.21. The van der Waals surface area contributed by atoms with Crippen molar-refractivity contribution in [1.29, 1.82) is 0 Å². The summed E-state index contributed by atoms with van der Waals surface area (Å²) >= 11 is 0. The van der Waals surface area contributed by atoms with Crippen LogP contribution in [0.2, 0.25) is 0 Å². The zero-order valence-corrected chi connectivity index (χ0v) is 12.0. The summed E-state index contributed by atoms with van der Waals surface area (Å²) in [5.74, 6) is 0. The summed E-state index contributed by atoms with van der Waals surface area (Å²) in [5, 5.41) is 77.1. The fourth-order valence-corrected chi connectivity index (χ4v) is 2.74. The molecule has 136 valence electrons. The summed E-state index contributed by atoms with van der Waals surface area (Å²) in [4.78, 5) is 0. The monoisotopic (exact) mass is 341 g/mol. The summed E-state index contributed by atoms with van der Waals surface area (Å²) in [6.07, 6.45) is -16.1. The highest BCUT2D eigenvalue weighted by molar-refractivity contribution is 5.00. The molecule has 1 saturated carbocycles. The van der Waals surface area contributed by atoms with Crippen LogP contribution in [0.3, 0.4) is 0 Å². The molecule has 11 atom stereocenters. The van der Waals surface area contributed by atoms with E-state index in [1.165, 1.54) is 0 Å². The second-order valence-electron chi connectivity index (χ2n) is 5.84. The molecule has 1 aliphatic carbocycles. The third-order valence-corrected chi connectivity index (χ3v) is 4.29. The van der Waals surface area contributed by atoms with Gasteiger partial charge < -0.3 is 56.1 Å². The van der Waals surface area contributed by atoms with Crippen LogP contribution in [0.5, 0.6) is 0 Å². The Kier molecular flexibility index (Phi) is 5.92. The molecular formula is C12H23NO10. The molecule has 11 heteroatoms. The first-order valence-corrected chi connectivity index (χ1v) is 7.14. The molecule has 2 fully saturated rings. The number of rotatable bonds is 3. The molecule has 11 nitrogen and oxygen atoms in total. The first-order chi connectivity index (χ1) is 10.7. The molecule has 0 radical (unpaired) electrons. The average Bonchev–Trinajstić information content (AvgIpc) is 2.54. The lowest BCUT2D eigenvalue weighted by atomic mass is 9.84. The van der Waals surface area contributed by atoms with E-state index in [0.717, 1.165) is 0 Å². The van der Waals surface area contributed by atoms with Gasteiger partial charge in [0.25, 0.3) is 0 Å². The molecule has 0 aromatic heterocycles. The zero-order valence-electron chi connectivity index (χ0n) is 12.0. The smallest absolute Gasteiger partial charge is 0.176 e. The molecule has 1 saturated heterocycles. The number of hydrogen-bond acceptors (Lipinski definition) is 11. The van der Waals surface area contributed by atoms with E-state index in [4.69, 9.17) is 20.3 Å². The van der Waals surface area contributed by atoms with Gasteiger partial charge >= 0.3 is 0 Å². The standard InChI is InChI=1S/C12H23NO10/c13-3-5(16)4(15)2(1-14)22-12(3)23-11-9(20)7(18)6(17)8(19)10(11)21/h2-12,14-21H,1,13H2/t2-,3-,4+,5-,6?,7+,8+,9-,10+,11?,12+/m1/s1. The van der Waals surface area contributed by atoms with Gasteiger partial charge in [-0.25, -0.2) is 0 Å². The van der Waals surface area contributed by atoms with E-state index in [0.29, 0.717) is 0 Å². The highest BCUT2D eigenvalue weighted by Gasteiger charge is 2.52. The Morgan fingerprint density at radius 3 is 1.70 bits per heavy atom. The molecule has 0 aromatic rings. The number of hydrogen-bond donors (Lipinski definition) is 9. The Balaban J connectivity index is 2.13. The molecule has 0 bridgehead atoms. The van der Waals surface area contributed by atoms with Crippen LogP contribution in [-0.4, -0.2) is 115 Å². The van der Waals surface area contributed by atoms with E-state index in [2.05, 4.69) is 0 Å². The van der Waals surface area contributed by atoms with Crippen molar-refractivity contribution < 1.29 is 50.3 Å². The van der Waals surface area contributed by atoms with Crippen LogP contribution < -0.4 is 5.73 Å². The van der Waals surface area contributed by atoms with Gasteiger partial charge in [-0.1, -0.05) is 0 Å². The maximum atomic E-state index is 9.89. The maximum absolute atomic E-state index is 9.89. The Morgan fingerprint density at radius 2 is 1.22 bits per heavy atom. The molecule has 0 amide bonds. The fraction of sp³-hybridized carbons (Fsp3) is 1.00. The molecule has 1 aliphatic heterocycles. The normalized spacial score (nSPS) is 54.9. The van der Waals surface area contributed by atoms with Crippen molar-refractivity contribution in [3.05, 3.63) is 0 Å². The zero-order chi connectivity index (χ0) is 17.5. The molecule has 1 heterocycles. The number of nitrogens with two attached hydrogens (primary N) is 1. The maximum Gasteiger partial charge on any atom is 0.176 e. The van der Waals surface area contributed by atoms with Crippen molar-refractivity contribution in [3.8, 4) is 0 Å². The summed E-state index contributed by atoms with van der Waals surface area (Å²) in [6.45, 7) is -0.648. The van der Waals surface area contributed by atoms with E-state index < -0.39 is 73.9 Å². The lowest BCUT2D eigenvalue weighted by molar-refractivity contribution is -0.316. The van der Waals surface area contributed by atoms with Crippen molar-refractivity contribution >= 4 is 0 Å². The number of aliphatic hydroxyl groups excluding tert-OH is 8. The minimum atomic E-state index is -1.79. The second-order valence-corrected chi connectivity index (χ2v) is 5.84. The van der Waals surface area contributed by atoms with Gasteiger partial charge in [-0.2, -0.15) is 0 Å². The van der Waals surface area contributed by atoms with Crippen molar-refractivity contribution in [2.75, 3.05) is 6.61 Å². The van der Waals surface area contributed by atoms with Gasteiger partial charge in [0.05, 0.1) is 12.6 Å². The van der Waals surface area contributed by atoms with Gasteiger partial charge in [-0.3, -0.25) is 0 Å². The van der Waals surface area contributed by atoms with Crippen molar-refractivity contribution in [1.82, 2.24) is 0 Å². The van der Waals surface area contributed by atoms with Gasteiger partial charge in [0, 0.05) is 0 Å². The molecule has 0 aromatic carbocycles. The number of ether oxygens (including phenoxy) is 2. The van der Waals surface area contributed by atoms with Crippen LogP contribution in [0.15, 0.2) is 0 Å².